The molecule has 0 bridgehead atoms. The summed E-state index contributed by atoms with van der Waals surface area (Å²) < 4.78 is 1.12. The standard InChI is InChI=1S/C13H10BrClS/c1-16-13-11(6-3-7-12(13)14)9-4-2-5-10(15)8-9/h2-8H,1H3. The van der Waals surface area contributed by atoms with Crippen LogP contribution in [-0.4, -0.2) is 6.26 Å². The molecule has 0 unspecified atom stereocenters. The molecule has 0 saturated heterocycles. The first kappa shape index (κ1) is 12.0. The summed E-state index contributed by atoms with van der Waals surface area (Å²) in [6.45, 7) is 0. The lowest BCUT2D eigenvalue weighted by molar-refractivity contribution is 1.40. The molecule has 0 N–H and O–H groups in total. The second-order valence-electron chi connectivity index (χ2n) is 3.33. The average molecular weight is 314 g/mol. The van der Waals surface area contributed by atoms with E-state index in [1.807, 2.05) is 24.3 Å². The maximum atomic E-state index is 6.01. The zero-order valence-corrected chi connectivity index (χ0v) is 11.9. The fraction of sp³-hybridized carbons (Fsp3) is 0.0769. The summed E-state index contributed by atoms with van der Waals surface area (Å²) >= 11 is 11.3. The third-order valence-electron chi connectivity index (χ3n) is 2.31. The van der Waals surface area contributed by atoms with E-state index >= 15 is 0 Å². The highest BCUT2D eigenvalue weighted by molar-refractivity contribution is 9.10. The Kier molecular flexibility index (Phi) is 3.95. The molecule has 2 aromatic carbocycles. The van der Waals surface area contributed by atoms with Crippen LogP contribution in [0, 0.1) is 0 Å². The van der Waals surface area contributed by atoms with E-state index < -0.39 is 0 Å². The Balaban J connectivity index is 2.60. The molecular weight excluding hydrogens is 304 g/mol. The van der Waals surface area contributed by atoms with Crippen LogP contribution in [0.2, 0.25) is 5.02 Å². The van der Waals surface area contributed by atoms with Crippen LogP contribution in [0.4, 0.5) is 0 Å². The van der Waals surface area contributed by atoms with Gasteiger partial charge in [0, 0.05) is 14.4 Å². The first-order valence-corrected chi connectivity index (χ1v) is 7.20. The van der Waals surface area contributed by atoms with Gasteiger partial charge in [-0.25, -0.2) is 0 Å². The third-order valence-corrected chi connectivity index (χ3v) is 4.31. The Labute approximate surface area is 113 Å². The van der Waals surface area contributed by atoms with Crippen LogP contribution in [-0.2, 0) is 0 Å². The maximum absolute atomic E-state index is 6.01. The Bertz CT molecular complexity index is 511. The molecule has 0 aliphatic heterocycles. The predicted octanol–water partition coefficient (Wildman–Crippen LogP) is 5.49. The topological polar surface area (TPSA) is 0 Å². The lowest BCUT2D eigenvalue weighted by Gasteiger charge is -2.09. The van der Waals surface area contributed by atoms with Gasteiger partial charge in [-0.2, -0.15) is 0 Å². The monoisotopic (exact) mass is 312 g/mol. The highest BCUT2D eigenvalue weighted by Gasteiger charge is 2.07. The van der Waals surface area contributed by atoms with Gasteiger partial charge in [0.05, 0.1) is 0 Å². The van der Waals surface area contributed by atoms with Gasteiger partial charge >= 0.3 is 0 Å². The molecule has 0 aliphatic rings. The van der Waals surface area contributed by atoms with E-state index in [1.165, 1.54) is 10.5 Å². The van der Waals surface area contributed by atoms with Crippen LogP contribution in [0.5, 0.6) is 0 Å². The van der Waals surface area contributed by atoms with Crippen LogP contribution in [0.1, 0.15) is 0 Å². The second-order valence-corrected chi connectivity index (χ2v) is 5.44. The summed E-state index contributed by atoms with van der Waals surface area (Å²) in [5, 5.41) is 0.768. The van der Waals surface area contributed by atoms with Gasteiger partial charge in [0.15, 0.2) is 0 Å². The van der Waals surface area contributed by atoms with Crippen LogP contribution in [0.25, 0.3) is 11.1 Å². The molecule has 16 heavy (non-hydrogen) atoms. The summed E-state index contributed by atoms with van der Waals surface area (Å²) in [5.74, 6) is 0. The van der Waals surface area contributed by atoms with E-state index in [2.05, 4.69) is 40.4 Å². The van der Waals surface area contributed by atoms with Gasteiger partial charge in [0.25, 0.3) is 0 Å². The molecule has 0 nitrogen and oxygen atoms in total. The molecule has 82 valence electrons. The van der Waals surface area contributed by atoms with E-state index in [0.29, 0.717) is 0 Å². The van der Waals surface area contributed by atoms with Crippen molar-refractivity contribution in [2.45, 2.75) is 4.90 Å². The van der Waals surface area contributed by atoms with Crippen LogP contribution in [0.15, 0.2) is 51.8 Å². The lowest BCUT2D eigenvalue weighted by Crippen LogP contribution is -1.83. The molecule has 0 fully saturated rings. The maximum Gasteiger partial charge on any atom is 0.0412 e. The van der Waals surface area contributed by atoms with E-state index in [-0.39, 0.29) is 0 Å². The van der Waals surface area contributed by atoms with Crippen LogP contribution < -0.4 is 0 Å². The zero-order chi connectivity index (χ0) is 11.5. The van der Waals surface area contributed by atoms with Gasteiger partial charge in [-0.05, 0) is 51.5 Å². The third kappa shape index (κ3) is 2.45. The van der Waals surface area contributed by atoms with Crippen molar-refractivity contribution < 1.29 is 0 Å². The first-order chi connectivity index (χ1) is 7.72. The number of hydrogen-bond acceptors (Lipinski definition) is 1. The number of rotatable bonds is 2. The highest BCUT2D eigenvalue weighted by Crippen LogP contribution is 2.36. The minimum atomic E-state index is 0.768. The molecular formula is C13H10BrClS. The van der Waals surface area contributed by atoms with Crippen molar-refractivity contribution in [2.24, 2.45) is 0 Å². The Morgan fingerprint density at radius 2 is 1.88 bits per heavy atom. The Hall–Kier alpha value is -0.440. The zero-order valence-electron chi connectivity index (χ0n) is 8.71. The average Bonchev–Trinajstić information content (AvgIpc) is 2.28. The van der Waals surface area contributed by atoms with Gasteiger partial charge < -0.3 is 0 Å². The van der Waals surface area contributed by atoms with Crippen molar-refractivity contribution in [3.63, 3.8) is 0 Å². The van der Waals surface area contributed by atoms with Gasteiger partial charge in [-0.3, -0.25) is 0 Å². The molecule has 0 aromatic heterocycles. The normalized spacial score (nSPS) is 10.4. The fourth-order valence-electron chi connectivity index (χ4n) is 1.60. The van der Waals surface area contributed by atoms with Crippen LogP contribution >= 0.6 is 39.3 Å². The summed E-state index contributed by atoms with van der Waals surface area (Å²) in [6, 6.07) is 14.1. The van der Waals surface area contributed by atoms with Crippen LogP contribution in [0.3, 0.4) is 0 Å². The molecule has 0 radical (unpaired) electrons. The van der Waals surface area contributed by atoms with Gasteiger partial charge in [0.1, 0.15) is 0 Å². The summed E-state index contributed by atoms with van der Waals surface area (Å²) in [7, 11) is 0. The fourth-order valence-corrected chi connectivity index (χ4v) is 3.31. The molecule has 3 heteroatoms. The second kappa shape index (κ2) is 5.26. The molecule has 0 atom stereocenters. The largest absolute Gasteiger partial charge is 0.128 e. The molecule has 0 saturated carbocycles. The minimum absolute atomic E-state index is 0.768. The lowest BCUT2D eigenvalue weighted by atomic mass is 10.1. The van der Waals surface area contributed by atoms with Gasteiger partial charge in [-0.15, -0.1) is 11.8 Å². The number of halogens is 2. The Morgan fingerprint density at radius 1 is 1.12 bits per heavy atom. The van der Waals surface area contributed by atoms with Crippen molar-refractivity contribution in [1.82, 2.24) is 0 Å². The van der Waals surface area contributed by atoms with Crippen molar-refractivity contribution in [3.8, 4) is 11.1 Å². The van der Waals surface area contributed by atoms with Crippen molar-refractivity contribution in [2.75, 3.05) is 6.26 Å². The number of hydrogen-bond donors (Lipinski definition) is 0. The molecule has 2 rings (SSSR count). The highest BCUT2D eigenvalue weighted by atomic mass is 79.9. The van der Waals surface area contributed by atoms with Gasteiger partial charge in [0.2, 0.25) is 0 Å². The summed E-state index contributed by atoms with van der Waals surface area (Å²) in [5.41, 5.74) is 2.36. The quantitative estimate of drug-likeness (QED) is 0.660. The van der Waals surface area contributed by atoms with E-state index in [1.54, 1.807) is 11.8 Å². The minimum Gasteiger partial charge on any atom is -0.128 e. The first-order valence-electron chi connectivity index (χ1n) is 4.81. The van der Waals surface area contributed by atoms with Gasteiger partial charge in [-0.1, -0.05) is 35.9 Å². The summed E-state index contributed by atoms with van der Waals surface area (Å²) in [6.07, 6.45) is 2.08. The number of benzene rings is 2. The molecule has 0 heterocycles. The summed E-state index contributed by atoms with van der Waals surface area (Å²) in [4.78, 5) is 1.24. The van der Waals surface area contributed by atoms with E-state index in [9.17, 15) is 0 Å². The smallest absolute Gasteiger partial charge is 0.0412 e. The molecule has 0 aliphatic carbocycles. The Morgan fingerprint density at radius 3 is 2.56 bits per heavy atom. The molecule has 0 amide bonds. The van der Waals surface area contributed by atoms with Crippen molar-refractivity contribution in [3.05, 3.63) is 52.0 Å². The van der Waals surface area contributed by atoms with Crippen molar-refractivity contribution >= 4 is 39.3 Å². The van der Waals surface area contributed by atoms with Crippen molar-refractivity contribution in [1.29, 1.82) is 0 Å². The predicted molar refractivity (Wildman–Crippen MR) is 76.4 cm³/mol. The number of thioether (sulfide) groups is 1. The SMILES string of the molecule is CSc1c(Br)cccc1-c1cccc(Cl)c1. The molecule has 0 spiro atoms. The van der Waals surface area contributed by atoms with E-state index in [4.69, 9.17) is 11.6 Å². The molecule has 2 aromatic rings. The van der Waals surface area contributed by atoms with E-state index in [0.717, 1.165) is 15.1 Å².